The number of aromatic nitrogens is 2. The van der Waals surface area contributed by atoms with Gasteiger partial charge < -0.3 is 19.7 Å². The summed E-state index contributed by atoms with van der Waals surface area (Å²) in [5.41, 5.74) is 2.65. The summed E-state index contributed by atoms with van der Waals surface area (Å²) in [6.45, 7) is 1.78. The van der Waals surface area contributed by atoms with Crippen LogP contribution in [0.25, 0.3) is 11.1 Å². The molecule has 1 N–H and O–H groups in total. The number of rotatable bonds is 4. The van der Waals surface area contributed by atoms with Crippen molar-refractivity contribution >= 4 is 17.5 Å². The zero-order chi connectivity index (χ0) is 24.2. The van der Waals surface area contributed by atoms with Crippen LogP contribution in [-0.4, -0.2) is 52.8 Å². The number of amides is 2. The van der Waals surface area contributed by atoms with E-state index >= 15 is 0 Å². The summed E-state index contributed by atoms with van der Waals surface area (Å²) in [4.78, 5) is 27.5. The number of ether oxygens (including phenoxy) is 2. The van der Waals surface area contributed by atoms with E-state index in [9.17, 15) is 9.59 Å². The fourth-order valence-electron chi connectivity index (χ4n) is 4.91. The van der Waals surface area contributed by atoms with Crippen LogP contribution < -0.4 is 14.8 Å². The maximum atomic E-state index is 12.9. The third-order valence-corrected chi connectivity index (χ3v) is 6.84. The number of anilines is 1. The highest BCUT2D eigenvalue weighted by molar-refractivity contribution is 5.93. The highest BCUT2D eigenvalue weighted by Gasteiger charge is 2.33. The van der Waals surface area contributed by atoms with Gasteiger partial charge in [-0.1, -0.05) is 24.3 Å². The Balaban J connectivity index is 1.25. The van der Waals surface area contributed by atoms with Crippen LogP contribution in [0, 0.1) is 11.8 Å². The molecule has 0 radical (unpaired) electrons. The lowest BCUT2D eigenvalue weighted by molar-refractivity contribution is -0.136. The molecule has 3 aromatic rings. The molecule has 5 rings (SSSR count). The fourth-order valence-corrected chi connectivity index (χ4v) is 4.91. The van der Waals surface area contributed by atoms with E-state index in [1.807, 2.05) is 66.7 Å². The predicted octanol–water partition coefficient (Wildman–Crippen LogP) is 3.74. The average Bonchev–Trinajstić information content (AvgIpc) is 3.31. The molecule has 2 aliphatic heterocycles. The maximum Gasteiger partial charge on any atom is 0.260 e. The van der Waals surface area contributed by atoms with Gasteiger partial charge in [-0.2, -0.15) is 5.10 Å². The Morgan fingerprint density at radius 2 is 2.00 bits per heavy atom. The first-order valence-electron chi connectivity index (χ1n) is 12.1. The second kappa shape index (κ2) is 10.2. The average molecular weight is 475 g/mol. The second-order valence-corrected chi connectivity index (χ2v) is 9.25. The summed E-state index contributed by atoms with van der Waals surface area (Å²) >= 11 is 0. The van der Waals surface area contributed by atoms with E-state index in [1.54, 1.807) is 10.9 Å². The van der Waals surface area contributed by atoms with Crippen LogP contribution in [0.4, 0.5) is 5.69 Å². The first kappa shape index (κ1) is 23.0. The van der Waals surface area contributed by atoms with Crippen LogP contribution in [0.3, 0.4) is 0 Å². The number of hydrogen-bond acceptors (Lipinski definition) is 5. The number of para-hydroxylation sites is 1. The van der Waals surface area contributed by atoms with E-state index in [4.69, 9.17) is 9.47 Å². The molecule has 0 bridgehead atoms. The molecule has 1 saturated heterocycles. The van der Waals surface area contributed by atoms with Crippen LogP contribution in [0.5, 0.6) is 11.5 Å². The topological polar surface area (TPSA) is 85.7 Å². The lowest BCUT2D eigenvalue weighted by atomic mass is 9.81. The normalized spacial score (nSPS) is 20.1. The van der Waals surface area contributed by atoms with Gasteiger partial charge in [0, 0.05) is 38.3 Å². The number of piperidine rings is 1. The van der Waals surface area contributed by atoms with Gasteiger partial charge >= 0.3 is 0 Å². The minimum Gasteiger partial charge on any atom is -0.491 e. The van der Waals surface area contributed by atoms with Crippen LogP contribution >= 0.6 is 0 Å². The van der Waals surface area contributed by atoms with Crippen molar-refractivity contribution in [2.75, 3.05) is 31.6 Å². The summed E-state index contributed by atoms with van der Waals surface area (Å²) in [6.07, 6.45) is 5.76. The number of likely N-dealkylation sites (tertiary alicyclic amines) is 1. The minimum atomic E-state index is -0.0266. The largest absolute Gasteiger partial charge is 0.491 e. The van der Waals surface area contributed by atoms with Crippen LogP contribution in [0.15, 0.2) is 60.9 Å². The van der Waals surface area contributed by atoms with Gasteiger partial charge in [-0.15, -0.1) is 0 Å². The summed E-state index contributed by atoms with van der Waals surface area (Å²) in [7, 11) is 1.88. The van der Waals surface area contributed by atoms with Crippen LogP contribution in [0.1, 0.15) is 19.3 Å². The molecule has 2 atom stereocenters. The second-order valence-electron chi connectivity index (χ2n) is 9.25. The third kappa shape index (κ3) is 5.48. The first-order valence-corrected chi connectivity index (χ1v) is 12.1. The van der Waals surface area contributed by atoms with Crippen molar-refractivity contribution in [1.82, 2.24) is 14.7 Å². The summed E-state index contributed by atoms with van der Waals surface area (Å²) in [5, 5.41) is 7.27. The number of fused-ring (bicyclic) bond motifs is 2. The predicted molar refractivity (Wildman–Crippen MR) is 132 cm³/mol. The van der Waals surface area contributed by atoms with Gasteiger partial charge in [0.05, 0.1) is 18.5 Å². The van der Waals surface area contributed by atoms with E-state index in [2.05, 4.69) is 10.4 Å². The molecule has 182 valence electrons. The van der Waals surface area contributed by atoms with E-state index in [0.29, 0.717) is 43.3 Å². The molecule has 3 heterocycles. The molecule has 0 spiro atoms. The van der Waals surface area contributed by atoms with Crippen molar-refractivity contribution in [2.45, 2.75) is 19.3 Å². The molecule has 2 aromatic carbocycles. The fraction of sp³-hybridized carbons (Fsp3) is 0.370. The molecule has 8 heteroatoms. The molecule has 0 aliphatic carbocycles. The first-order chi connectivity index (χ1) is 17.0. The molecule has 1 aromatic heterocycles. The van der Waals surface area contributed by atoms with Gasteiger partial charge in [0.25, 0.3) is 5.91 Å². The summed E-state index contributed by atoms with van der Waals surface area (Å²) in [5.74, 6) is 1.70. The van der Waals surface area contributed by atoms with E-state index in [1.165, 1.54) is 0 Å². The van der Waals surface area contributed by atoms with Crippen LogP contribution in [-0.2, 0) is 16.6 Å². The van der Waals surface area contributed by atoms with E-state index < -0.39 is 0 Å². The summed E-state index contributed by atoms with van der Waals surface area (Å²) < 4.78 is 13.6. The Morgan fingerprint density at radius 1 is 1.14 bits per heavy atom. The molecule has 35 heavy (non-hydrogen) atoms. The van der Waals surface area contributed by atoms with E-state index in [-0.39, 0.29) is 30.3 Å². The van der Waals surface area contributed by atoms with Crippen molar-refractivity contribution in [3.05, 3.63) is 60.9 Å². The lowest BCUT2D eigenvalue weighted by Crippen LogP contribution is -2.46. The molecule has 8 nitrogen and oxygen atoms in total. The number of hydrogen-bond donors (Lipinski definition) is 1. The van der Waals surface area contributed by atoms with Gasteiger partial charge in [0.1, 0.15) is 11.5 Å². The molecule has 2 amide bonds. The van der Waals surface area contributed by atoms with Gasteiger partial charge in [-0.3, -0.25) is 14.3 Å². The monoisotopic (exact) mass is 474 g/mol. The third-order valence-electron chi connectivity index (χ3n) is 6.84. The highest BCUT2D eigenvalue weighted by Crippen LogP contribution is 2.35. The quantitative estimate of drug-likeness (QED) is 0.623. The zero-order valence-corrected chi connectivity index (χ0v) is 19.9. The maximum absolute atomic E-state index is 12.9. The van der Waals surface area contributed by atoms with Gasteiger partial charge in [-0.05, 0) is 54.5 Å². The van der Waals surface area contributed by atoms with Gasteiger partial charge in [0.15, 0.2) is 6.61 Å². The number of carbonyl (C=O) groups is 2. The molecular weight excluding hydrogens is 444 g/mol. The molecular formula is C27H30N4O4. The highest BCUT2D eigenvalue weighted by atomic mass is 16.5. The van der Waals surface area contributed by atoms with Crippen molar-refractivity contribution in [3.63, 3.8) is 0 Å². The Labute approximate surface area is 204 Å². The SMILES string of the molecule is Cn1cc(-c2ccc3c(c2)OCC[C@H]2CN(C(=O)COc4ccccc4)CC[C@H]2CC(=O)N3)cn1. The van der Waals surface area contributed by atoms with Crippen molar-refractivity contribution < 1.29 is 19.1 Å². The Hall–Kier alpha value is -3.81. The number of benzene rings is 2. The molecule has 2 aliphatic rings. The number of carbonyl (C=O) groups excluding carboxylic acids is 2. The lowest BCUT2D eigenvalue weighted by Gasteiger charge is -2.39. The Kier molecular flexibility index (Phi) is 6.70. The summed E-state index contributed by atoms with van der Waals surface area (Å²) in [6, 6.07) is 15.2. The van der Waals surface area contributed by atoms with Crippen molar-refractivity contribution in [1.29, 1.82) is 0 Å². The number of nitrogens with zero attached hydrogens (tertiary/aromatic N) is 3. The zero-order valence-electron chi connectivity index (χ0n) is 19.9. The Bertz CT molecular complexity index is 1190. The smallest absolute Gasteiger partial charge is 0.260 e. The standard InChI is InChI=1S/C27H30N4O4/c1-30-16-22(15-28-30)19-7-8-24-25(13-19)34-12-10-21-17-31(11-9-20(21)14-26(32)29-24)27(33)18-35-23-5-3-2-4-6-23/h2-8,13,15-16,20-21H,9-12,14,17-18H2,1H3,(H,29,32)/t20-,21-/m0/s1. The van der Waals surface area contributed by atoms with Gasteiger partial charge in [0.2, 0.25) is 5.91 Å². The molecule has 0 saturated carbocycles. The molecule has 1 fully saturated rings. The van der Waals surface area contributed by atoms with Gasteiger partial charge in [-0.25, -0.2) is 0 Å². The Morgan fingerprint density at radius 3 is 2.80 bits per heavy atom. The van der Waals surface area contributed by atoms with Crippen molar-refractivity contribution in [2.24, 2.45) is 18.9 Å². The molecule has 0 unspecified atom stereocenters. The minimum absolute atomic E-state index is 0.0167. The number of aryl methyl sites for hydroxylation is 1. The van der Waals surface area contributed by atoms with Crippen molar-refractivity contribution in [3.8, 4) is 22.6 Å². The number of nitrogens with one attached hydrogen (secondary N) is 1. The van der Waals surface area contributed by atoms with E-state index in [0.717, 1.165) is 24.0 Å². The van der Waals surface area contributed by atoms with Crippen LogP contribution in [0.2, 0.25) is 0 Å².